The molecule has 4 heteroatoms. The molecule has 0 radical (unpaired) electrons. The SMILES string of the molecule is CC(C)CNC(=O)C(C)OCC(C)(C)N. The molecule has 0 aliphatic carbocycles. The van der Waals surface area contributed by atoms with Gasteiger partial charge in [0.15, 0.2) is 0 Å². The third-order valence-corrected chi connectivity index (χ3v) is 1.76. The van der Waals surface area contributed by atoms with Crippen molar-refractivity contribution >= 4 is 5.91 Å². The van der Waals surface area contributed by atoms with Crippen molar-refractivity contribution in [1.82, 2.24) is 5.32 Å². The molecular formula is C11H24N2O2. The Hall–Kier alpha value is -0.610. The zero-order valence-corrected chi connectivity index (χ0v) is 10.5. The minimum Gasteiger partial charge on any atom is -0.367 e. The van der Waals surface area contributed by atoms with E-state index in [1.165, 1.54) is 0 Å². The van der Waals surface area contributed by atoms with E-state index in [1.54, 1.807) is 6.92 Å². The molecule has 0 aliphatic heterocycles. The van der Waals surface area contributed by atoms with Gasteiger partial charge < -0.3 is 15.8 Å². The first-order valence-corrected chi connectivity index (χ1v) is 5.40. The van der Waals surface area contributed by atoms with Gasteiger partial charge in [0.25, 0.3) is 0 Å². The number of ether oxygens (including phenoxy) is 1. The summed E-state index contributed by atoms with van der Waals surface area (Å²) in [6.07, 6.45) is -0.438. The molecule has 0 bridgehead atoms. The lowest BCUT2D eigenvalue weighted by Gasteiger charge is -2.21. The molecular weight excluding hydrogens is 192 g/mol. The molecule has 0 saturated carbocycles. The van der Waals surface area contributed by atoms with Crippen LogP contribution < -0.4 is 11.1 Å². The molecule has 0 saturated heterocycles. The van der Waals surface area contributed by atoms with Crippen molar-refractivity contribution in [3.05, 3.63) is 0 Å². The molecule has 0 aromatic heterocycles. The van der Waals surface area contributed by atoms with Crippen molar-refractivity contribution in [2.45, 2.75) is 46.3 Å². The lowest BCUT2D eigenvalue weighted by Crippen LogP contribution is -2.42. The summed E-state index contributed by atoms with van der Waals surface area (Å²) >= 11 is 0. The molecule has 1 atom stereocenters. The van der Waals surface area contributed by atoms with Crippen LogP contribution in [0.15, 0.2) is 0 Å². The first-order valence-electron chi connectivity index (χ1n) is 5.40. The monoisotopic (exact) mass is 216 g/mol. The Bertz CT molecular complexity index is 197. The van der Waals surface area contributed by atoms with Crippen molar-refractivity contribution in [2.75, 3.05) is 13.2 Å². The van der Waals surface area contributed by atoms with Crippen LogP contribution in [-0.2, 0) is 9.53 Å². The fourth-order valence-electron chi connectivity index (χ4n) is 0.864. The maximum atomic E-state index is 11.5. The fraction of sp³-hybridized carbons (Fsp3) is 0.909. The largest absolute Gasteiger partial charge is 0.367 e. The molecule has 0 fully saturated rings. The average molecular weight is 216 g/mol. The van der Waals surface area contributed by atoms with Crippen LogP contribution in [0.3, 0.4) is 0 Å². The van der Waals surface area contributed by atoms with E-state index in [2.05, 4.69) is 19.2 Å². The molecule has 1 amide bonds. The molecule has 90 valence electrons. The van der Waals surface area contributed by atoms with Crippen molar-refractivity contribution in [3.8, 4) is 0 Å². The molecule has 0 heterocycles. The fourth-order valence-corrected chi connectivity index (χ4v) is 0.864. The highest BCUT2D eigenvalue weighted by molar-refractivity contribution is 5.80. The van der Waals surface area contributed by atoms with Crippen molar-refractivity contribution in [1.29, 1.82) is 0 Å². The zero-order valence-electron chi connectivity index (χ0n) is 10.5. The molecule has 3 N–H and O–H groups in total. The van der Waals surface area contributed by atoms with Crippen LogP contribution in [0, 0.1) is 5.92 Å². The number of carbonyl (C=O) groups is 1. The van der Waals surface area contributed by atoms with Gasteiger partial charge in [-0.15, -0.1) is 0 Å². The lowest BCUT2D eigenvalue weighted by molar-refractivity contribution is -0.132. The van der Waals surface area contributed by atoms with Gasteiger partial charge in [-0.3, -0.25) is 4.79 Å². The van der Waals surface area contributed by atoms with E-state index in [-0.39, 0.29) is 5.91 Å². The number of nitrogens with one attached hydrogen (secondary N) is 1. The highest BCUT2D eigenvalue weighted by atomic mass is 16.5. The highest BCUT2D eigenvalue weighted by Crippen LogP contribution is 2.01. The quantitative estimate of drug-likeness (QED) is 0.693. The number of nitrogens with two attached hydrogens (primary N) is 1. The van der Waals surface area contributed by atoms with Gasteiger partial charge in [-0.05, 0) is 26.7 Å². The van der Waals surface area contributed by atoms with E-state index in [1.807, 2.05) is 13.8 Å². The molecule has 0 aromatic rings. The average Bonchev–Trinajstić information content (AvgIpc) is 2.08. The molecule has 0 aliphatic rings. The second-order valence-corrected chi connectivity index (χ2v) is 5.08. The van der Waals surface area contributed by atoms with Crippen LogP contribution in [-0.4, -0.2) is 30.7 Å². The summed E-state index contributed by atoms with van der Waals surface area (Å²) in [5.41, 5.74) is 5.35. The van der Waals surface area contributed by atoms with Gasteiger partial charge in [0.2, 0.25) is 5.91 Å². The summed E-state index contributed by atoms with van der Waals surface area (Å²) in [7, 11) is 0. The Labute approximate surface area is 92.6 Å². The van der Waals surface area contributed by atoms with Gasteiger partial charge in [0, 0.05) is 12.1 Å². The molecule has 0 rings (SSSR count). The zero-order chi connectivity index (χ0) is 12.1. The third-order valence-electron chi connectivity index (χ3n) is 1.76. The van der Waals surface area contributed by atoms with E-state index >= 15 is 0 Å². The molecule has 0 spiro atoms. The minimum absolute atomic E-state index is 0.0760. The van der Waals surface area contributed by atoms with Gasteiger partial charge in [0.1, 0.15) is 6.10 Å². The summed E-state index contributed by atoms with van der Waals surface area (Å²) in [6.45, 7) is 10.6. The maximum Gasteiger partial charge on any atom is 0.248 e. The Morgan fingerprint density at radius 1 is 1.40 bits per heavy atom. The Morgan fingerprint density at radius 3 is 2.33 bits per heavy atom. The smallest absolute Gasteiger partial charge is 0.248 e. The second kappa shape index (κ2) is 6.08. The van der Waals surface area contributed by atoms with E-state index < -0.39 is 11.6 Å². The van der Waals surface area contributed by atoms with Crippen molar-refractivity contribution in [2.24, 2.45) is 11.7 Å². The predicted octanol–water partition coefficient (Wildman–Crippen LogP) is 0.901. The van der Waals surface area contributed by atoms with Crippen LogP contribution in [0.4, 0.5) is 0 Å². The Morgan fingerprint density at radius 2 is 1.93 bits per heavy atom. The van der Waals surface area contributed by atoms with Crippen LogP contribution >= 0.6 is 0 Å². The van der Waals surface area contributed by atoms with Gasteiger partial charge >= 0.3 is 0 Å². The van der Waals surface area contributed by atoms with E-state index in [0.29, 0.717) is 19.1 Å². The summed E-state index contributed by atoms with van der Waals surface area (Å²) in [6, 6.07) is 0. The summed E-state index contributed by atoms with van der Waals surface area (Å²) < 4.78 is 5.36. The Kier molecular flexibility index (Phi) is 5.83. The second-order valence-electron chi connectivity index (χ2n) is 5.08. The van der Waals surface area contributed by atoms with Crippen LogP contribution in [0.1, 0.15) is 34.6 Å². The number of amides is 1. The summed E-state index contributed by atoms with van der Waals surface area (Å²) in [5, 5.41) is 2.81. The molecule has 0 aromatic carbocycles. The number of carbonyl (C=O) groups excluding carboxylic acids is 1. The first-order chi connectivity index (χ1) is 6.72. The maximum absolute atomic E-state index is 11.5. The third kappa shape index (κ3) is 8.39. The van der Waals surface area contributed by atoms with Gasteiger partial charge in [-0.1, -0.05) is 13.8 Å². The normalized spacial score (nSPS) is 14.1. The summed E-state index contributed by atoms with van der Waals surface area (Å²) in [5.74, 6) is 0.375. The number of rotatable bonds is 6. The topological polar surface area (TPSA) is 64.3 Å². The summed E-state index contributed by atoms with van der Waals surface area (Å²) in [4.78, 5) is 11.5. The molecule has 15 heavy (non-hydrogen) atoms. The standard InChI is InChI=1S/C11H24N2O2/c1-8(2)6-13-10(14)9(3)15-7-11(4,5)12/h8-9H,6-7,12H2,1-5H3,(H,13,14). The highest BCUT2D eigenvalue weighted by Gasteiger charge is 2.17. The van der Waals surface area contributed by atoms with Crippen LogP contribution in [0.2, 0.25) is 0 Å². The van der Waals surface area contributed by atoms with Crippen LogP contribution in [0.5, 0.6) is 0 Å². The van der Waals surface area contributed by atoms with Crippen LogP contribution in [0.25, 0.3) is 0 Å². The van der Waals surface area contributed by atoms with E-state index in [4.69, 9.17) is 10.5 Å². The number of hydrogen-bond acceptors (Lipinski definition) is 3. The van der Waals surface area contributed by atoms with E-state index in [0.717, 1.165) is 0 Å². The Balaban J connectivity index is 3.79. The van der Waals surface area contributed by atoms with Crippen molar-refractivity contribution < 1.29 is 9.53 Å². The number of hydrogen-bond donors (Lipinski definition) is 2. The van der Waals surface area contributed by atoms with Gasteiger partial charge in [0.05, 0.1) is 6.61 Å². The van der Waals surface area contributed by atoms with Gasteiger partial charge in [-0.2, -0.15) is 0 Å². The van der Waals surface area contributed by atoms with Gasteiger partial charge in [-0.25, -0.2) is 0 Å². The molecule has 4 nitrogen and oxygen atoms in total. The minimum atomic E-state index is -0.438. The first kappa shape index (κ1) is 14.4. The predicted molar refractivity (Wildman–Crippen MR) is 61.5 cm³/mol. The molecule has 1 unspecified atom stereocenters. The van der Waals surface area contributed by atoms with Crippen molar-refractivity contribution in [3.63, 3.8) is 0 Å². The van der Waals surface area contributed by atoms with E-state index in [9.17, 15) is 4.79 Å². The lowest BCUT2D eigenvalue weighted by atomic mass is 10.1.